The lowest BCUT2D eigenvalue weighted by Crippen LogP contribution is -2.26. The summed E-state index contributed by atoms with van der Waals surface area (Å²) < 4.78 is 33.6. The van der Waals surface area contributed by atoms with Crippen molar-refractivity contribution < 1.29 is 12.9 Å². The van der Waals surface area contributed by atoms with E-state index in [1.807, 2.05) is 29.6 Å². The Bertz CT molecular complexity index is 1160. The van der Waals surface area contributed by atoms with E-state index < -0.39 is 10.0 Å². The van der Waals surface area contributed by atoms with Crippen LogP contribution in [0, 0.1) is 0 Å². The summed E-state index contributed by atoms with van der Waals surface area (Å²) in [5.74, 6) is 0.542. The highest BCUT2D eigenvalue weighted by Crippen LogP contribution is 2.32. The molecule has 32 heavy (non-hydrogen) atoms. The van der Waals surface area contributed by atoms with Gasteiger partial charge >= 0.3 is 0 Å². The van der Waals surface area contributed by atoms with E-state index in [9.17, 15) is 8.42 Å². The Morgan fingerprint density at radius 2 is 1.94 bits per heavy atom. The van der Waals surface area contributed by atoms with Crippen LogP contribution in [0.4, 0.5) is 0 Å². The molecular formula is C23H26N4O3S2. The number of rotatable bonds is 11. The van der Waals surface area contributed by atoms with Crippen molar-refractivity contribution in [1.29, 1.82) is 0 Å². The highest BCUT2D eigenvalue weighted by atomic mass is 32.2. The number of aromatic nitrogens is 3. The average Bonchev–Trinajstić information content (AvgIpc) is 3.55. The Kier molecular flexibility index (Phi) is 7.19. The van der Waals surface area contributed by atoms with E-state index in [0.717, 1.165) is 34.5 Å². The van der Waals surface area contributed by atoms with Gasteiger partial charge in [0.1, 0.15) is 5.69 Å². The summed E-state index contributed by atoms with van der Waals surface area (Å²) in [5.41, 5.74) is 3.55. The summed E-state index contributed by atoms with van der Waals surface area (Å²) in [6.07, 6.45) is 6.45. The number of thiophene rings is 1. The smallest absolute Gasteiger partial charge is 0.240 e. The van der Waals surface area contributed by atoms with Crippen LogP contribution in [-0.4, -0.2) is 30.3 Å². The van der Waals surface area contributed by atoms with E-state index in [1.54, 1.807) is 35.7 Å². The fourth-order valence-corrected chi connectivity index (χ4v) is 5.36. The molecule has 0 saturated carbocycles. The molecular weight excluding hydrogens is 444 g/mol. The van der Waals surface area contributed by atoms with Crippen LogP contribution in [0.15, 0.2) is 63.5 Å². The van der Waals surface area contributed by atoms with Crippen LogP contribution in [0.2, 0.25) is 0 Å². The van der Waals surface area contributed by atoms with Crippen molar-refractivity contribution in [1.82, 2.24) is 20.1 Å². The molecule has 0 unspecified atom stereocenters. The molecule has 0 atom stereocenters. The third kappa shape index (κ3) is 5.17. The molecule has 168 valence electrons. The largest absolute Gasteiger partial charge is 0.355 e. The Morgan fingerprint density at radius 1 is 1.09 bits per heavy atom. The summed E-state index contributed by atoms with van der Waals surface area (Å²) in [4.78, 5) is 1.30. The predicted octanol–water partition coefficient (Wildman–Crippen LogP) is 5.05. The lowest BCUT2D eigenvalue weighted by Gasteiger charge is -2.09. The monoisotopic (exact) mass is 470 g/mol. The molecule has 7 nitrogen and oxygen atoms in total. The summed E-state index contributed by atoms with van der Waals surface area (Å²) in [7, 11) is -3.60. The van der Waals surface area contributed by atoms with Gasteiger partial charge in [-0.3, -0.25) is 5.10 Å². The highest BCUT2D eigenvalue weighted by molar-refractivity contribution is 7.89. The second kappa shape index (κ2) is 10.2. The van der Waals surface area contributed by atoms with E-state index >= 15 is 0 Å². The summed E-state index contributed by atoms with van der Waals surface area (Å²) in [6.45, 7) is 2.41. The molecule has 0 amide bonds. The first-order chi connectivity index (χ1) is 15.6. The van der Waals surface area contributed by atoms with Gasteiger partial charge in [0.05, 0.1) is 21.7 Å². The van der Waals surface area contributed by atoms with Crippen molar-refractivity contribution >= 4 is 21.4 Å². The van der Waals surface area contributed by atoms with E-state index in [4.69, 9.17) is 4.52 Å². The molecule has 3 heterocycles. The van der Waals surface area contributed by atoms with Gasteiger partial charge in [-0.1, -0.05) is 43.1 Å². The van der Waals surface area contributed by atoms with Crippen LogP contribution in [0.1, 0.15) is 37.3 Å². The minimum absolute atomic E-state index is 0.236. The predicted molar refractivity (Wildman–Crippen MR) is 126 cm³/mol. The van der Waals surface area contributed by atoms with Crippen molar-refractivity contribution in [3.63, 3.8) is 0 Å². The Balaban J connectivity index is 1.46. The van der Waals surface area contributed by atoms with Gasteiger partial charge in [-0.25, -0.2) is 13.1 Å². The van der Waals surface area contributed by atoms with Crippen LogP contribution in [-0.2, 0) is 22.9 Å². The number of nitrogens with one attached hydrogen (secondary N) is 2. The first-order valence-corrected chi connectivity index (χ1v) is 13.1. The molecule has 4 aromatic rings. The fourth-order valence-electron chi connectivity index (χ4n) is 3.58. The number of nitrogens with zero attached hydrogens (tertiary/aromatic N) is 2. The lowest BCUT2D eigenvalue weighted by atomic mass is 10.1. The summed E-state index contributed by atoms with van der Waals surface area (Å²) in [6, 6.07) is 12.9. The van der Waals surface area contributed by atoms with Gasteiger partial charge in [0.15, 0.2) is 5.76 Å². The van der Waals surface area contributed by atoms with Crippen LogP contribution in [0.25, 0.3) is 22.0 Å². The third-order valence-electron chi connectivity index (χ3n) is 5.28. The molecule has 4 rings (SSSR count). The van der Waals surface area contributed by atoms with Crippen LogP contribution >= 0.6 is 11.3 Å². The van der Waals surface area contributed by atoms with Crippen LogP contribution < -0.4 is 4.72 Å². The van der Waals surface area contributed by atoms with Gasteiger partial charge in [0.25, 0.3) is 0 Å². The number of H-pyrrole nitrogens is 1. The van der Waals surface area contributed by atoms with Crippen molar-refractivity contribution in [2.24, 2.45) is 0 Å². The molecule has 0 aliphatic rings. The zero-order valence-electron chi connectivity index (χ0n) is 17.9. The topological polar surface area (TPSA) is 101 Å². The molecule has 0 saturated heterocycles. The van der Waals surface area contributed by atoms with Gasteiger partial charge in [0, 0.05) is 18.2 Å². The number of hydrogen-bond donors (Lipinski definition) is 2. The van der Waals surface area contributed by atoms with Crippen LogP contribution in [0.5, 0.6) is 0 Å². The Labute approximate surface area is 191 Å². The molecule has 0 aliphatic carbocycles. The maximum Gasteiger partial charge on any atom is 0.240 e. The van der Waals surface area contributed by atoms with E-state index in [2.05, 4.69) is 27.0 Å². The maximum absolute atomic E-state index is 12.8. The summed E-state index contributed by atoms with van der Waals surface area (Å²) in [5, 5.41) is 13.2. The Hall–Kier alpha value is -2.75. The number of sulfonamides is 1. The van der Waals surface area contributed by atoms with E-state index in [1.165, 1.54) is 12.8 Å². The van der Waals surface area contributed by atoms with Gasteiger partial charge in [-0.05, 0) is 48.4 Å². The molecule has 1 aromatic carbocycles. The van der Waals surface area contributed by atoms with Crippen molar-refractivity contribution in [2.45, 2.75) is 43.9 Å². The van der Waals surface area contributed by atoms with Crippen molar-refractivity contribution in [3.8, 4) is 22.0 Å². The first kappa shape index (κ1) is 22.4. The minimum Gasteiger partial charge on any atom is -0.355 e. The quantitative estimate of drug-likeness (QED) is 0.299. The van der Waals surface area contributed by atoms with E-state index in [-0.39, 0.29) is 11.4 Å². The van der Waals surface area contributed by atoms with Crippen molar-refractivity contribution in [3.05, 3.63) is 65.2 Å². The van der Waals surface area contributed by atoms with Gasteiger partial charge < -0.3 is 4.52 Å². The fraction of sp³-hybridized carbons (Fsp3) is 0.304. The normalized spacial score (nSPS) is 11.8. The Morgan fingerprint density at radius 3 is 2.62 bits per heavy atom. The van der Waals surface area contributed by atoms with Crippen LogP contribution in [0.3, 0.4) is 0 Å². The SMILES string of the molecule is CCCCCc1ccc(S(=O)(=O)NCCc2c(-c3ccno3)n[nH]c2-c2cccs2)cc1. The minimum atomic E-state index is -3.60. The standard InChI is InChI=1S/C23H26N4O3S2/c1-2-3-4-6-17-8-10-18(11-9-17)32(28,29)25-15-12-19-22(20-13-14-24-30-20)26-27-23(19)21-7-5-16-31-21/h5,7-11,13-14,16,25H,2-4,6,12,15H2,1H3,(H,26,27). The highest BCUT2D eigenvalue weighted by Gasteiger charge is 2.20. The first-order valence-electron chi connectivity index (χ1n) is 10.7. The number of aryl methyl sites for hydroxylation is 1. The maximum atomic E-state index is 12.8. The molecule has 3 aromatic heterocycles. The molecule has 0 radical (unpaired) electrons. The zero-order chi connectivity index (χ0) is 22.4. The van der Waals surface area contributed by atoms with Gasteiger partial charge in [-0.2, -0.15) is 5.10 Å². The number of aromatic amines is 1. The molecule has 0 fully saturated rings. The lowest BCUT2D eigenvalue weighted by molar-refractivity contribution is 0.430. The second-order valence-corrected chi connectivity index (χ2v) is 10.2. The molecule has 0 aliphatic heterocycles. The molecule has 0 spiro atoms. The van der Waals surface area contributed by atoms with E-state index in [0.29, 0.717) is 17.9 Å². The van der Waals surface area contributed by atoms with Gasteiger partial charge in [-0.15, -0.1) is 11.3 Å². The number of benzene rings is 1. The molecule has 0 bridgehead atoms. The number of unbranched alkanes of at least 4 members (excludes halogenated alkanes) is 2. The average molecular weight is 471 g/mol. The zero-order valence-corrected chi connectivity index (χ0v) is 19.5. The number of hydrogen-bond acceptors (Lipinski definition) is 6. The molecule has 2 N–H and O–H groups in total. The third-order valence-corrected chi connectivity index (χ3v) is 7.64. The van der Waals surface area contributed by atoms with Gasteiger partial charge in [0.2, 0.25) is 10.0 Å². The second-order valence-electron chi connectivity index (χ2n) is 7.53. The summed E-state index contributed by atoms with van der Waals surface area (Å²) >= 11 is 1.59. The van der Waals surface area contributed by atoms with Crippen molar-refractivity contribution in [2.75, 3.05) is 6.54 Å². The molecule has 9 heteroatoms.